The predicted octanol–water partition coefficient (Wildman–Crippen LogP) is -7.38. The van der Waals surface area contributed by atoms with Crippen LogP contribution in [0.4, 0.5) is 29.5 Å². The molecule has 5 unspecified atom stereocenters. The third-order valence-electron chi connectivity index (χ3n) is 10.7. The Kier molecular flexibility index (Phi) is 17.0. The quantitative estimate of drug-likeness (QED) is 0.0356. The number of halogens is 1. The summed E-state index contributed by atoms with van der Waals surface area (Å²) >= 11 is 5.90. The summed E-state index contributed by atoms with van der Waals surface area (Å²) in [6.07, 6.45) is -10.9. The average Bonchev–Trinajstić information content (AvgIpc) is 4.18. The van der Waals surface area contributed by atoms with Gasteiger partial charge in [0.05, 0.1) is 46.6 Å². The number of hydrogen-bond donors (Lipinski definition) is 13. The molecule has 3 aliphatic heterocycles. The van der Waals surface area contributed by atoms with Crippen molar-refractivity contribution in [3.63, 3.8) is 0 Å². The first-order chi connectivity index (χ1) is 34.7. The van der Waals surface area contributed by atoms with Gasteiger partial charge in [0.1, 0.15) is 60.5 Å². The number of nitrogen functional groups attached to an aromatic ring is 3. The van der Waals surface area contributed by atoms with Crippen molar-refractivity contribution in [2.75, 3.05) is 61.8 Å². The molecule has 42 heteroatoms. The van der Waals surface area contributed by atoms with Crippen molar-refractivity contribution < 1.29 is 101 Å². The first kappa shape index (κ1) is 56.6. The number of nitrogens with one attached hydrogen (secondary N) is 2. The van der Waals surface area contributed by atoms with E-state index in [2.05, 4.69) is 68.6 Å². The molecule has 0 spiro atoms. The van der Waals surface area contributed by atoms with E-state index >= 15 is 0 Å². The Morgan fingerprint density at radius 2 is 0.946 bits per heavy atom. The monoisotopic (exact) mass is 1130 g/mol. The molecule has 0 aliphatic carbocycles. The molecule has 38 nitrogen and oxygen atoms in total. The number of rotatable bonds is 14. The van der Waals surface area contributed by atoms with Gasteiger partial charge in [0, 0.05) is 14.1 Å². The maximum atomic E-state index is 11.7. The average molecular weight is 1130 g/mol. The number of aliphatic hydroxyl groups excluding tert-OH is 8. The number of phosphoric ester groups is 1. The van der Waals surface area contributed by atoms with E-state index in [1.54, 1.807) is 14.1 Å². The summed E-state index contributed by atoms with van der Waals surface area (Å²) in [6, 6.07) is 0. The van der Waals surface area contributed by atoms with E-state index in [0.29, 0.717) is 22.5 Å². The molecule has 3 aliphatic rings. The normalized spacial score (nSPS) is 28.6. The van der Waals surface area contributed by atoms with Crippen LogP contribution in [0, 0.1) is 0 Å². The van der Waals surface area contributed by atoms with Crippen LogP contribution >= 0.6 is 35.1 Å². The summed E-state index contributed by atoms with van der Waals surface area (Å²) < 4.78 is 64.2. The number of nitrogens with zero attached hydrogens (tertiary/aromatic N) is 12. The number of hydrogen-bond acceptors (Lipinski definition) is 35. The molecular formula is C32H43ClN17O21P3-4. The molecule has 0 amide bonds. The van der Waals surface area contributed by atoms with Crippen LogP contribution < -0.4 is 47.4 Å². The van der Waals surface area contributed by atoms with E-state index < -0.39 is 117 Å². The number of aromatic nitrogens is 12. The van der Waals surface area contributed by atoms with Gasteiger partial charge in [-0.15, -0.1) is 0 Å². The highest BCUT2D eigenvalue weighted by molar-refractivity contribution is 7.64. The number of fused-ring (bicyclic) bond motifs is 3. The fraction of sp³-hybridized carbons (Fsp3) is 0.531. The Hall–Kier alpha value is -5.09. The van der Waals surface area contributed by atoms with E-state index in [4.69, 9.17) is 53.2 Å². The largest absolute Gasteiger partial charge is 0.790 e. The van der Waals surface area contributed by atoms with Crippen LogP contribution in [0.3, 0.4) is 0 Å². The van der Waals surface area contributed by atoms with Crippen LogP contribution in [0.15, 0.2) is 19.0 Å². The van der Waals surface area contributed by atoms with E-state index in [1.165, 1.54) is 32.7 Å². The van der Waals surface area contributed by atoms with Gasteiger partial charge in [0.2, 0.25) is 17.8 Å². The highest BCUT2D eigenvalue weighted by Crippen LogP contribution is 2.60. The molecule has 9 rings (SSSR count). The molecule has 0 bridgehead atoms. The first-order valence-corrected chi connectivity index (χ1v) is 25.5. The zero-order valence-corrected chi connectivity index (χ0v) is 40.9. The lowest BCUT2D eigenvalue weighted by atomic mass is 10.1. The third-order valence-corrected chi connectivity index (χ3v) is 14.7. The SMILES string of the molecule is CNc1nc(N)nc2c1ncn2[C@@H]1O[C@H](CO)[C@H](O)C1O.CNc1nc(N)nc2c1ncn2[C@@H]1O[C@H](COP(=O)([O-])OP(=O)([O-])OP(=O)([O-])[O-])[C@H](O)C1O.Nc1nc(Cl)c2ncn([C@@H]3O[C@H](CO)[C@H](O)C3O)c2n1. The molecule has 0 aromatic carbocycles. The smallest absolute Gasteiger partial charge is 0.278 e. The van der Waals surface area contributed by atoms with E-state index in [-0.39, 0.29) is 45.6 Å². The lowest BCUT2D eigenvalue weighted by molar-refractivity contribution is -0.339. The summed E-state index contributed by atoms with van der Waals surface area (Å²) in [5.41, 5.74) is 18.5. The highest BCUT2D eigenvalue weighted by Gasteiger charge is 2.47. The van der Waals surface area contributed by atoms with Crippen LogP contribution in [-0.2, 0) is 41.1 Å². The van der Waals surface area contributed by atoms with Gasteiger partial charge < -0.3 is 112 Å². The minimum Gasteiger partial charge on any atom is -0.790 e. The number of nitrogens with two attached hydrogens (primary N) is 3. The minimum atomic E-state index is -6.15. The van der Waals surface area contributed by atoms with Gasteiger partial charge in [-0.3, -0.25) is 27.1 Å². The van der Waals surface area contributed by atoms with Gasteiger partial charge in [0.15, 0.2) is 63.4 Å². The molecular weight excluding hydrogens is 1090 g/mol. The van der Waals surface area contributed by atoms with Crippen molar-refractivity contribution in [2.24, 2.45) is 0 Å². The first-order valence-electron chi connectivity index (χ1n) is 20.7. The van der Waals surface area contributed by atoms with E-state index in [0.717, 1.165) is 0 Å². The van der Waals surface area contributed by atoms with Gasteiger partial charge in [0.25, 0.3) is 15.6 Å². The number of phosphoric acid groups is 3. The second-order valence-corrected chi connectivity index (χ2v) is 20.1. The number of aliphatic hydroxyl groups is 8. The van der Waals surface area contributed by atoms with Gasteiger partial charge in [-0.1, -0.05) is 11.6 Å². The number of anilines is 5. The summed E-state index contributed by atoms with van der Waals surface area (Å²) in [4.78, 5) is 79.6. The number of ether oxygens (including phenoxy) is 3. The van der Waals surface area contributed by atoms with Crippen molar-refractivity contribution in [3.05, 3.63) is 24.1 Å². The van der Waals surface area contributed by atoms with Crippen molar-refractivity contribution >= 4 is 98.0 Å². The van der Waals surface area contributed by atoms with Crippen molar-refractivity contribution in [1.29, 1.82) is 0 Å². The van der Waals surface area contributed by atoms with Crippen LogP contribution in [0.25, 0.3) is 33.5 Å². The second-order valence-electron chi connectivity index (χ2n) is 15.5. The van der Waals surface area contributed by atoms with E-state index in [9.17, 15) is 63.9 Å². The molecule has 3 fully saturated rings. The van der Waals surface area contributed by atoms with Gasteiger partial charge >= 0.3 is 0 Å². The molecule has 16 N–H and O–H groups in total. The summed E-state index contributed by atoms with van der Waals surface area (Å²) in [7, 11) is -14.9. The molecule has 14 atom stereocenters. The zero-order valence-electron chi connectivity index (χ0n) is 37.5. The standard InChI is InChI=1S/C11H19N6O13P3.C11H16N6O4.C10H12ClN5O4/c1-13-8-5-9(16-11(12)15-8)17(3-14-5)10-7(19)6(18)4(28-10)2-27-32(23,24)30-33(25,26)29-31(20,21)22;1-13-8-5-9(16-11(12)15-8)17(3-14-5)10-7(20)6(19)4(2-18)21-10;11-7-4-8(15-10(12)14-7)16(2-13-4)9-6(19)5(18)3(1-17)20-9/h3-4,6-7,10,18-19H,2H2,1H3,(H,23,24)(H,25,26)(H2,20,21,22)(H3,12,13,15,16);3-4,6-7,10,18-20H,2H2,1H3,(H3,12,13,15,16);2-3,5-6,9,17-19H,1H2,(H2,12,14,15)/p-4/t2*4-,6+,7?,10-;3-,5+,6?,9-/m111/s1. The molecule has 0 saturated carbocycles. The maximum Gasteiger partial charge on any atom is 0.278 e. The molecule has 3 saturated heterocycles. The molecule has 9 heterocycles. The Labute approximate surface area is 416 Å². The van der Waals surface area contributed by atoms with Crippen molar-refractivity contribution in [3.8, 4) is 0 Å². The Bertz CT molecular complexity index is 3120. The van der Waals surface area contributed by atoms with Crippen LogP contribution in [-0.4, -0.2) is 188 Å². The van der Waals surface area contributed by atoms with Gasteiger partial charge in [-0.05, 0) is 0 Å². The molecule has 6 aromatic heterocycles. The minimum absolute atomic E-state index is 0.0420. The van der Waals surface area contributed by atoms with Crippen LogP contribution in [0.1, 0.15) is 18.7 Å². The van der Waals surface area contributed by atoms with Crippen molar-refractivity contribution in [1.82, 2.24) is 58.6 Å². The van der Waals surface area contributed by atoms with Gasteiger partial charge in [-0.2, -0.15) is 29.9 Å². The van der Waals surface area contributed by atoms with Gasteiger partial charge in [-0.25, -0.2) is 19.3 Å². The van der Waals surface area contributed by atoms with Crippen LogP contribution in [0.5, 0.6) is 0 Å². The van der Waals surface area contributed by atoms with E-state index in [1.807, 2.05) is 0 Å². The molecule has 6 aromatic rings. The summed E-state index contributed by atoms with van der Waals surface area (Å²) in [5.74, 6) is 0.536. The Morgan fingerprint density at radius 3 is 1.32 bits per heavy atom. The Morgan fingerprint density at radius 1 is 0.581 bits per heavy atom. The fourth-order valence-corrected chi connectivity index (χ4v) is 10.5. The zero-order chi connectivity index (χ0) is 54.4. The predicted molar refractivity (Wildman–Crippen MR) is 236 cm³/mol. The lowest BCUT2D eigenvalue weighted by Gasteiger charge is -2.37. The highest BCUT2D eigenvalue weighted by atomic mass is 35.5. The third kappa shape index (κ3) is 12.0. The van der Waals surface area contributed by atoms with Crippen LogP contribution in [0.2, 0.25) is 5.15 Å². The molecule has 74 heavy (non-hydrogen) atoms. The molecule has 408 valence electrons. The summed E-state index contributed by atoms with van der Waals surface area (Å²) in [5, 5.41) is 84.0. The molecule has 0 radical (unpaired) electrons. The fourth-order valence-electron chi connectivity index (χ4n) is 7.44. The number of imidazole rings is 3. The second kappa shape index (κ2) is 22.2. The summed E-state index contributed by atoms with van der Waals surface area (Å²) in [6.45, 7) is -1.91. The maximum absolute atomic E-state index is 11.7. The Balaban J connectivity index is 0.000000170. The van der Waals surface area contributed by atoms with Crippen molar-refractivity contribution in [2.45, 2.75) is 73.6 Å². The lowest BCUT2D eigenvalue weighted by Crippen LogP contribution is -2.34. The topological polar surface area (TPSA) is 594 Å².